The van der Waals surface area contributed by atoms with Crippen LogP contribution in [0.2, 0.25) is 0 Å². The van der Waals surface area contributed by atoms with Gasteiger partial charge in [0.05, 0.1) is 16.7 Å². The monoisotopic (exact) mass is 442 g/mol. The van der Waals surface area contributed by atoms with E-state index in [0.717, 1.165) is 5.56 Å². The van der Waals surface area contributed by atoms with Crippen molar-refractivity contribution in [1.82, 2.24) is 19.4 Å². The molecule has 2 rings (SSSR count). The third kappa shape index (κ3) is 5.15. The maximum Gasteiger partial charge on any atom is 0.255 e. The molecular formula is C17H23BrN4O3S. The lowest BCUT2D eigenvalue weighted by molar-refractivity contribution is 0.0784. The van der Waals surface area contributed by atoms with Crippen LogP contribution in [0, 0.1) is 0 Å². The number of aromatic nitrogens is 2. The molecule has 26 heavy (non-hydrogen) atoms. The minimum Gasteiger partial charge on any atom is -0.337 e. The van der Waals surface area contributed by atoms with Crippen molar-refractivity contribution in [3.05, 3.63) is 46.2 Å². The summed E-state index contributed by atoms with van der Waals surface area (Å²) in [5, 5.41) is 4.08. The highest BCUT2D eigenvalue weighted by Crippen LogP contribution is 2.23. The molecule has 0 fully saturated rings. The molecule has 7 nitrogen and oxygen atoms in total. The van der Waals surface area contributed by atoms with E-state index in [2.05, 4.69) is 25.8 Å². The van der Waals surface area contributed by atoms with Gasteiger partial charge in [0.1, 0.15) is 0 Å². The summed E-state index contributed by atoms with van der Waals surface area (Å²) in [6, 6.07) is 4.43. The summed E-state index contributed by atoms with van der Waals surface area (Å²) in [6.45, 7) is 5.65. The van der Waals surface area contributed by atoms with Gasteiger partial charge in [-0.2, -0.15) is 5.10 Å². The number of carbonyl (C=O) groups is 1. The molecule has 0 aliphatic heterocycles. The first-order chi connectivity index (χ1) is 11.9. The lowest BCUT2D eigenvalue weighted by Gasteiger charge is -2.21. The summed E-state index contributed by atoms with van der Waals surface area (Å²) in [5.41, 5.74) is 0.554. The van der Waals surface area contributed by atoms with Gasteiger partial charge in [-0.1, -0.05) is 0 Å². The second kappa shape index (κ2) is 7.50. The van der Waals surface area contributed by atoms with E-state index in [1.54, 1.807) is 51.8 Å². The predicted molar refractivity (Wildman–Crippen MR) is 103 cm³/mol. The molecule has 0 bridgehead atoms. The quantitative estimate of drug-likeness (QED) is 0.770. The number of halogens is 1. The van der Waals surface area contributed by atoms with E-state index in [0.29, 0.717) is 11.0 Å². The molecule has 0 aliphatic carbocycles. The molecule has 1 heterocycles. The van der Waals surface area contributed by atoms with Gasteiger partial charge in [0.25, 0.3) is 5.91 Å². The Morgan fingerprint density at radius 3 is 2.54 bits per heavy atom. The van der Waals surface area contributed by atoms with E-state index in [-0.39, 0.29) is 16.4 Å². The summed E-state index contributed by atoms with van der Waals surface area (Å²) in [7, 11) is -0.260. The highest BCUT2D eigenvalue weighted by atomic mass is 79.9. The first-order valence-corrected chi connectivity index (χ1v) is 10.2. The van der Waals surface area contributed by atoms with Gasteiger partial charge in [-0.3, -0.25) is 9.48 Å². The van der Waals surface area contributed by atoms with Crippen molar-refractivity contribution in [3.8, 4) is 0 Å². The number of rotatable bonds is 5. The first kappa shape index (κ1) is 20.6. The van der Waals surface area contributed by atoms with Crippen molar-refractivity contribution in [2.75, 3.05) is 7.05 Å². The second-order valence-electron chi connectivity index (χ2n) is 7.18. The Bertz CT molecular complexity index is 916. The zero-order valence-electron chi connectivity index (χ0n) is 15.4. The van der Waals surface area contributed by atoms with Crippen LogP contribution in [0.1, 0.15) is 36.7 Å². The van der Waals surface area contributed by atoms with Crippen LogP contribution >= 0.6 is 15.9 Å². The third-order valence-corrected chi connectivity index (χ3v) is 5.89. The fourth-order valence-electron chi connectivity index (χ4n) is 2.40. The summed E-state index contributed by atoms with van der Waals surface area (Å²) >= 11 is 3.34. The van der Waals surface area contributed by atoms with Crippen LogP contribution in [-0.2, 0) is 23.6 Å². The predicted octanol–water partition coefficient (Wildman–Crippen LogP) is 2.53. The number of nitrogens with zero attached hydrogens (tertiary/aromatic N) is 3. The van der Waals surface area contributed by atoms with Crippen LogP contribution < -0.4 is 4.72 Å². The zero-order chi connectivity index (χ0) is 19.7. The second-order valence-corrected chi connectivity index (χ2v) is 9.72. The highest BCUT2D eigenvalue weighted by molar-refractivity contribution is 9.10. The fraction of sp³-hybridized carbons (Fsp3) is 0.412. The smallest absolute Gasteiger partial charge is 0.255 e. The minimum absolute atomic E-state index is 0.0498. The van der Waals surface area contributed by atoms with Crippen molar-refractivity contribution >= 4 is 31.9 Å². The van der Waals surface area contributed by atoms with Crippen molar-refractivity contribution in [2.45, 2.75) is 37.8 Å². The molecule has 0 atom stereocenters. The molecule has 1 aromatic heterocycles. The molecule has 1 amide bonds. The van der Waals surface area contributed by atoms with Gasteiger partial charge < -0.3 is 4.90 Å². The van der Waals surface area contributed by atoms with Crippen LogP contribution in [0.3, 0.4) is 0 Å². The average molecular weight is 443 g/mol. The SMILES string of the molecule is CN(Cc1cnn(C)c1)C(=O)c1cc(S(=O)(=O)NC(C)(C)C)ccc1Br. The number of hydrogen-bond acceptors (Lipinski definition) is 4. The Balaban J connectivity index is 2.30. The van der Waals surface area contributed by atoms with Gasteiger partial charge in [0.15, 0.2) is 0 Å². The molecule has 0 spiro atoms. The van der Waals surface area contributed by atoms with Crippen molar-refractivity contribution < 1.29 is 13.2 Å². The largest absolute Gasteiger partial charge is 0.337 e. The summed E-state index contributed by atoms with van der Waals surface area (Å²) in [4.78, 5) is 14.4. The number of aryl methyl sites for hydroxylation is 1. The molecule has 0 unspecified atom stereocenters. The summed E-state index contributed by atoms with van der Waals surface area (Å²) < 4.78 is 29.9. The number of sulfonamides is 1. The Hall–Kier alpha value is -1.71. The van der Waals surface area contributed by atoms with Gasteiger partial charge in [-0.05, 0) is 54.9 Å². The van der Waals surface area contributed by atoms with Crippen molar-refractivity contribution in [1.29, 1.82) is 0 Å². The number of benzene rings is 1. The summed E-state index contributed by atoms with van der Waals surface area (Å²) in [6.07, 6.45) is 3.51. The maximum atomic E-state index is 12.8. The Kier molecular flexibility index (Phi) is 5.94. The van der Waals surface area contributed by atoms with Gasteiger partial charge >= 0.3 is 0 Å². The Morgan fingerprint density at radius 2 is 2.00 bits per heavy atom. The number of nitrogens with one attached hydrogen (secondary N) is 1. The van der Waals surface area contributed by atoms with Crippen LogP contribution in [0.25, 0.3) is 0 Å². The highest BCUT2D eigenvalue weighted by Gasteiger charge is 2.24. The van der Waals surface area contributed by atoms with Gasteiger partial charge in [-0.15, -0.1) is 0 Å². The molecule has 0 radical (unpaired) electrons. The number of carbonyl (C=O) groups excluding carboxylic acids is 1. The van der Waals surface area contributed by atoms with Crippen molar-refractivity contribution in [2.24, 2.45) is 7.05 Å². The number of hydrogen-bond donors (Lipinski definition) is 1. The van der Waals surface area contributed by atoms with E-state index in [4.69, 9.17) is 0 Å². The van der Waals surface area contributed by atoms with Crippen LogP contribution in [0.15, 0.2) is 40.0 Å². The molecule has 142 valence electrons. The maximum absolute atomic E-state index is 12.8. The molecular weight excluding hydrogens is 420 g/mol. The Morgan fingerprint density at radius 1 is 1.35 bits per heavy atom. The minimum atomic E-state index is -3.73. The molecule has 0 saturated carbocycles. The molecule has 2 aromatic rings. The van der Waals surface area contributed by atoms with E-state index < -0.39 is 15.6 Å². The number of amides is 1. The summed E-state index contributed by atoms with van der Waals surface area (Å²) in [5.74, 6) is -0.284. The van der Waals surface area contributed by atoms with Crippen LogP contribution in [0.5, 0.6) is 0 Å². The average Bonchev–Trinajstić information content (AvgIpc) is 2.89. The van der Waals surface area contributed by atoms with E-state index >= 15 is 0 Å². The van der Waals surface area contributed by atoms with Crippen LogP contribution in [0.4, 0.5) is 0 Å². The van der Waals surface area contributed by atoms with Crippen molar-refractivity contribution in [3.63, 3.8) is 0 Å². The first-order valence-electron chi connectivity index (χ1n) is 7.95. The molecule has 0 aliphatic rings. The molecule has 0 saturated heterocycles. The molecule has 9 heteroatoms. The van der Waals surface area contributed by atoms with E-state index in [9.17, 15) is 13.2 Å². The lowest BCUT2D eigenvalue weighted by atomic mass is 10.1. The molecule has 1 N–H and O–H groups in total. The third-order valence-electron chi connectivity index (χ3n) is 3.44. The lowest BCUT2D eigenvalue weighted by Crippen LogP contribution is -2.40. The topological polar surface area (TPSA) is 84.3 Å². The Labute approximate surface area is 162 Å². The van der Waals surface area contributed by atoms with E-state index in [1.807, 2.05) is 6.20 Å². The standard InChI is InChI=1S/C17H23BrN4O3S/c1-17(2,3)20-26(24,25)13-6-7-15(18)14(8-13)16(23)21(4)10-12-9-19-22(5)11-12/h6-9,11,20H,10H2,1-5H3. The van der Waals surface area contributed by atoms with Crippen LogP contribution in [-0.4, -0.2) is 41.6 Å². The fourth-order valence-corrected chi connectivity index (χ4v) is 4.26. The van der Waals surface area contributed by atoms with E-state index in [1.165, 1.54) is 17.0 Å². The van der Waals surface area contributed by atoms with Gasteiger partial charge in [0, 0.05) is 42.4 Å². The zero-order valence-corrected chi connectivity index (χ0v) is 17.8. The van der Waals surface area contributed by atoms with Gasteiger partial charge in [0.2, 0.25) is 10.0 Å². The normalized spacial score (nSPS) is 12.2. The molecule has 1 aromatic carbocycles. The van der Waals surface area contributed by atoms with Gasteiger partial charge in [-0.25, -0.2) is 13.1 Å².